The summed E-state index contributed by atoms with van der Waals surface area (Å²) in [5, 5.41) is 5.26. The summed E-state index contributed by atoms with van der Waals surface area (Å²) < 4.78 is 15.5. The predicted octanol–water partition coefficient (Wildman–Crippen LogP) is 2.02. The molecule has 29 heavy (non-hydrogen) atoms. The van der Waals surface area contributed by atoms with Crippen LogP contribution in [0.25, 0.3) is 0 Å². The number of hydrogen-bond acceptors (Lipinski definition) is 6. The van der Waals surface area contributed by atoms with Gasteiger partial charge in [-0.25, -0.2) is 9.69 Å². The van der Waals surface area contributed by atoms with Gasteiger partial charge in [0.25, 0.3) is 0 Å². The molecular formula is C20H21N3O6. The summed E-state index contributed by atoms with van der Waals surface area (Å²) in [5.74, 6) is -0.745. The fraction of sp³-hybridized carbons (Fsp3) is 0.250. The zero-order valence-electron chi connectivity index (χ0n) is 16.2. The molecule has 1 heterocycles. The Balaban J connectivity index is 1.80. The fourth-order valence-electron chi connectivity index (χ4n) is 2.91. The second-order valence-electron chi connectivity index (χ2n) is 6.17. The maximum atomic E-state index is 12.9. The van der Waals surface area contributed by atoms with Crippen LogP contribution in [0.15, 0.2) is 42.5 Å². The smallest absolute Gasteiger partial charge is 0.328 e. The lowest BCUT2D eigenvalue weighted by Crippen LogP contribution is -2.58. The Morgan fingerprint density at radius 2 is 1.66 bits per heavy atom. The second-order valence-corrected chi connectivity index (χ2v) is 6.17. The van der Waals surface area contributed by atoms with Crippen molar-refractivity contribution in [3.63, 3.8) is 0 Å². The first-order valence-electron chi connectivity index (χ1n) is 8.77. The number of urea groups is 1. The molecule has 1 aliphatic rings. The number of carbonyl (C=O) groups excluding carboxylic acids is 3. The van der Waals surface area contributed by atoms with Crippen LogP contribution in [0, 0.1) is 5.92 Å². The molecular weight excluding hydrogens is 378 g/mol. The van der Waals surface area contributed by atoms with E-state index in [-0.39, 0.29) is 6.54 Å². The highest BCUT2D eigenvalue weighted by atomic mass is 16.5. The molecule has 0 bridgehead atoms. The van der Waals surface area contributed by atoms with Gasteiger partial charge in [0.2, 0.25) is 11.8 Å². The van der Waals surface area contributed by atoms with Crippen molar-refractivity contribution in [3.05, 3.63) is 42.5 Å². The molecule has 0 radical (unpaired) electrons. The van der Waals surface area contributed by atoms with Crippen LogP contribution in [0.4, 0.5) is 16.2 Å². The van der Waals surface area contributed by atoms with Crippen LogP contribution < -0.4 is 29.7 Å². The molecule has 0 aliphatic carbocycles. The standard InChI is InChI=1S/C20H21N3O6/c1-27-13-6-4-12(5-7-13)23-19(25)15(11-21-20(23)26)18(24)22-16-9-8-14(28-2)10-17(16)29-3/h4-10,15H,11H2,1-3H3,(H,21,26)(H,22,24). The van der Waals surface area contributed by atoms with Gasteiger partial charge < -0.3 is 24.8 Å². The maximum Gasteiger partial charge on any atom is 0.328 e. The number of hydrogen-bond donors (Lipinski definition) is 2. The van der Waals surface area contributed by atoms with Crippen LogP contribution in [-0.2, 0) is 9.59 Å². The number of methoxy groups -OCH3 is 3. The number of nitrogens with zero attached hydrogens (tertiary/aromatic N) is 1. The van der Waals surface area contributed by atoms with Gasteiger partial charge in [0.05, 0.1) is 32.7 Å². The van der Waals surface area contributed by atoms with E-state index >= 15 is 0 Å². The summed E-state index contributed by atoms with van der Waals surface area (Å²) in [7, 11) is 4.49. The van der Waals surface area contributed by atoms with E-state index in [0.29, 0.717) is 28.6 Å². The van der Waals surface area contributed by atoms with E-state index in [1.165, 1.54) is 21.3 Å². The quantitative estimate of drug-likeness (QED) is 0.720. The molecule has 1 aliphatic heterocycles. The van der Waals surface area contributed by atoms with Crippen molar-refractivity contribution < 1.29 is 28.6 Å². The molecule has 2 aromatic rings. The van der Waals surface area contributed by atoms with Crippen molar-refractivity contribution >= 4 is 29.2 Å². The summed E-state index contributed by atoms with van der Waals surface area (Å²) in [4.78, 5) is 38.9. The molecule has 3 rings (SSSR count). The first-order chi connectivity index (χ1) is 14.0. The lowest BCUT2D eigenvalue weighted by molar-refractivity contribution is -0.130. The molecule has 0 saturated carbocycles. The largest absolute Gasteiger partial charge is 0.497 e. The third kappa shape index (κ3) is 4.08. The van der Waals surface area contributed by atoms with Crippen LogP contribution in [0.2, 0.25) is 0 Å². The van der Waals surface area contributed by atoms with Gasteiger partial charge in [-0.05, 0) is 36.4 Å². The van der Waals surface area contributed by atoms with Gasteiger partial charge in [-0.1, -0.05) is 0 Å². The van der Waals surface area contributed by atoms with Crippen molar-refractivity contribution in [2.24, 2.45) is 5.92 Å². The van der Waals surface area contributed by atoms with Gasteiger partial charge in [0, 0.05) is 12.6 Å². The van der Waals surface area contributed by atoms with E-state index in [2.05, 4.69) is 10.6 Å². The van der Waals surface area contributed by atoms with E-state index in [9.17, 15) is 14.4 Å². The maximum absolute atomic E-state index is 12.9. The summed E-state index contributed by atoms with van der Waals surface area (Å²) >= 11 is 0. The van der Waals surface area contributed by atoms with Crippen LogP contribution in [0.1, 0.15) is 0 Å². The molecule has 9 nitrogen and oxygen atoms in total. The number of amides is 4. The van der Waals surface area contributed by atoms with Gasteiger partial charge >= 0.3 is 6.03 Å². The van der Waals surface area contributed by atoms with Gasteiger partial charge in [0.1, 0.15) is 23.2 Å². The minimum absolute atomic E-state index is 0.103. The summed E-state index contributed by atoms with van der Waals surface area (Å²) in [6.07, 6.45) is 0. The first kappa shape index (κ1) is 20.0. The highest BCUT2D eigenvalue weighted by Gasteiger charge is 2.39. The van der Waals surface area contributed by atoms with Crippen LogP contribution >= 0.6 is 0 Å². The molecule has 1 atom stereocenters. The van der Waals surface area contributed by atoms with Crippen LogP contribution in [0.5, 0.6) is 17.2 Å². The Labute approximate surface area is 167 Å². The number of rotatable bonds is 6. The summed E-state index contributed by atoms with van der Waals surface area (Å²) in [5.41, 5.74) is 0.729. The van der Waals surface area contributed by atoms with E-state index in [1.54, 1.807) is 42.5 Å². The third-order valence-corrected chi connectivity index (χ3v) is 4.49. The van der Waals surface area contributed by atoms with Crippen molar-refractivity contribution in [3.8, 4) is 17.2 Å². The molecule has 0 spiro atoms. The molecule has 1 fully saturated rings. The molecule has 152 valence electrons. The Kier molecular flexibility index (Phi) is 5.87. The fourth-order valence-corrected chi connectivity index (χ4v) is 2.91. The SMILES string of the molecule is COc1ccc(N2C(=O)NCC(C(=O)Nc3ccc(OC)cc3OC)C2=O)cc1. The summed E-state index contributed by atoms with van der Waals surface area (Å²) in [6.45, 7) is -0.103. The normalized spacial score (nSPS) is 16.1. The molecule has 9 heteroatoms. The average Bonchev–Trinajstić information content (AvgIpc) is 2.74. The zero-order chi connectivity index (χ0) is 21.0. The van der Waals surface area contributed by atoms with Gasteiger partial charge in [-0.3, -0.25) is 9.59 Å². The molecule has 0 aromatic heterocycles. The highest BCUT2D eigenvalue weighted by molar-refractivity contribution is 6.23. The van der Waals surface area contributed by atoms with Crippen molar-refractivity contribution in [2.45, 2.75) is 0 Å². The van der Waals surface area contributed by atoms with Gasteiger partial charge in [-0.15, -0.1) is 0 Å². The lowest BCUT2D eigenvalue weighted by Gasteiger charge is -2.30. The Morgan fingerprint density at radius 1 is 1.00 bits per heavy atom. The van der Waals surface area contributed by atoms with E-state index in [0.717, 1.165) is 4.90 Å². The summed E-state index contributed by atoms with van der Waals surface area (Å²) in [6, 6.07) is 10.7. The van der Waals surface area contributed by atoms with Crippen LogP contribution in [-0.4, -0.2) is 45.7 Å². The number of ether oxygens (including phenoxy) is 3. The number of anilines is 2. The van der Waals surface area contributed by atoms with Gasteiger partial charge in [0.15, 0.2) is 0 Å². The highest BCUT2D eigenvalue weighted by Crippen LogP contribution is 2.30. The second kappa shape index (κ2) is 8.51. The van der Waals surface area contributed by atoms with Gasteiger partial charge in [-0.2, -0.15) is 0 Å². The van der Waals surface area contributed by atoms with Crippen molar-refractivity contribution in [2.75, 3.05) is 38.1 Å². The zero-order valence-corrected chi connectivity index (χ0v) is 16.2. The Hall–Kier alpha value is -3.75. The monoisotopic (exact) mass is 399 g/mol. The molecule has 2 N–H and O–H groups in total. The minimum Gasteiger partial charge on any atom is -0.497 e. The number of carbonyl (C=O) groups is 3. The molecule has 4 amide bonds. The number of benzene rings is 2. The van der Waals surface area contributed by atoms with Crippen LogP contribution in [0.3, 0.4) is 0 Å². The van der Waals surface area contributed by atoms with E-state index in [4.69, 9.17) is 14.2 Å². The minimum atomic E-state index is -1.10. The third-order valence-electron chi connectivity index (χ3n) is 4.49. The van der Waals surface area contributed by atoms with E-state index < -0.39 is 23.8 Å². The topological polar surface area (TPSA) is 106 Å². The van der Waals surface area contributed by atoms with Crippen molar-refractivity contribution in [1.29, 1.82) is 0 Å². The number of imide groups is 1. The number of nitrogens with one attached hydrogen (secondary N) is 2. The lowest BCUT2D eigenvalue weighted by atomic mass is 10.0. The first-order valence-corrected chi connectivity index (χ1v) is 8.77. The molecule has 2 aromatic carbocycles. The molecule has 1 saturated heterocycles. The Bertz CT molecular complexity index is 928. The average molecular weight is 399 g/mol. The molecule has 1 unspecified atom stereocenters. The predicted molar refractivity (Wildman–Crippen MR) is 106 cm³/mol. The van der Waals surface area contributed by atoms with Crippen molar-refractivity contribution in [1.82, 2.24) is 5.32 Å². The van der Waals surface area contributed by atoms with E-state index in [1.807, 2.05) is 0 Å². The Morgan fingerprint density at radius 3 is 2.28 bits per heavy atom.